The molecule has 0 spiro atoms. The van der Waals surface area contributed by atoms with Gasteiger partial charge in [-0.25, -0.2) is 0 Å². The molecule has 1 aliphatic heterocycles. The number of halogens is 1. The highest BCUT2D eigenvalue weighted by Gasteiger charge is 2.21. The van der Waals surface area contributed by atoms with Crippen molar-refractivity contribution in [1.82, 2.24) is 0 Å². The predicted octanol–water partition coefficient (Wildman–Crippen LogP) is 3.79. The van der Waals surface area contributed by atoms with Crippen LogP contribution in [0.25, 0.3) is 0 Å². The van der Waals surface area contributed by atoms with Crippen LogP contribution >= 0.6 is 27.3 Å². The Morgan fingerprint density at radius 1 is 1.21 bits per heavy atom. The molecule has 1 aromatic carbocycles. The molecule has 0 aliphatic carbocycles. The molecule has 5 heteroatoms. The van der Waals surface area contributed by atoms with Crippen molar-refractivity contribution >= 4 is 33.0 Å². The van der Waals surface area contributed by atoms with Gasteiger partial charge in [0.25, 0.3) is 0 Å². The smallest absolute Gasteiger partial charge is 0.202 e. The molecule has 3 nitrogen and oxygen atoms in total. The first-order chi connectivity index (χ1) is 9.24. The predicted molar refractivity (Wildman–Crippen MR) is 76.5 cm³/mol. The molecule has 19 heavy (non-hydrogen) atoms. The van der Waals surface area contributed by atoms with Gasteiger partial charge in [-0.3, -0.25) is 4.79 Å². The average molecular weight is 339 g/mol. The number of benzene rings is 1. The monoisotopic (exact) mass is 338 g/mol. The maximum absolute atomic E-state index is 12.3. The molecule has 1 saturated heterocycles. The molecule has 1 fully saturated rings. The molecule has 2 heterocycles. The Hall–Kier alpha value is -1.01. The Bertz CT molecular complexity index is 602. The highest BCUT2D eigenvalue weighted by molar-refractivity contribution is 9.10. The lowest BCUT2D eigenvalue weighted by molar-refractivity contribution is -0.0413. The van der Waals surface area contributed by atoms with Crippen LogP contribution in [0.5, 0.6) is 0 Å². The minimum atomic E-state index is -0.311. The molecule has 0 atom stereocenters. The average Bonchev–Trinajstić information content (AvgIpc) is 3.08. The third kappa shape index (κ3) is 2.79. The summed E-state index contributed by atoms with van der Waals surface area (Å²) >= 11 is 4.80. The highest BCUT2D eigenvalue weighted by atomic mass is 79.9. The number of ether oxygens (including phenoxy) is 2. The van der Waals surface area contributed by atoms with Crippen LogP contribution in [0.15, 0.2) is 40.9 Å². The molecule has 0 radical (unpaired) electrons. The van der Waals surface area contributed by atoms with E-state index in [1.807, 2.05) is 36.4 Å². The van der Waals surface area contributed by atoms with Gasteiger partial charge in [0.15, 0.2) is 6.29 Å². The summed E-state index contributed by atoms with van der Waals surface area (Å²) in [7, 11) is 0. The van der Waals surface area contributed by atoms with E-state index in [-0.39, 0.29) is 12.1 Å². The van der Waals surface area contributed by atoms with E-state index in [9.17, 15) is 4.79 Å². The summed E-state index contributed by atoms with van der Waals surface area (Å²) in [5.41, 5.74) is 0.677. The summed E-state index contributed by atoms with van der Waals surface area (Å²) in [6.07, 6.45) is -0.311. The third-order valence-electron chi connectivity index (χ3n) is 2.79. The quantitative estimate of drug-likeness (QED) is 0.799. The summed E-state index contributed by atoms with van der Waals surface area (Å²) in [6, 6.07) is 11.1. The molecule has 0 N–H and O–H groups in total. The Labute approximate surface area is 123 Å². The molecule has 0 saturated carbocycles. The molecule has 98 valence electrons. The number of hydrogen-bond donors (Lipinski definition) is 0. The summed E-state index contributed by atoms with van der Waals surface area (Å²) in [5.74, 6) is 0.0237. The van der Waals surface area contributed by atoms with Gasteiger partial charge in [0.2, 0.25) is 5.78 Å². The zero-order valence-corrected chi connectivity index (χ0v) is 12.4. The molecule has 1 aliphatic rings. The van der Waals surface area contributed by atoms with Crippen LogP contribution in [-0.2, 0) is 9.47 Å². The first-order valence-electron chi connectivity index (χ1n) is 5.87. The van der Waals surface area contributed by atoms with Crippen LogP contribution in [0, 0.1) is 0 Å². The number of carbonyl (C=O) groups is 1. The van der Waals surface area contributed by atoms with Crippen LogP contribution in [0.4, 0.5) is 0 Å². The molecule has 0 bridgehead atoms. The third-order valence-corrected chi connectivity index (χ3v) is 4.39. The Kier molecular flexibility index (Phi) is 3.79. The first-order valence-corrected chi connectivity index (χ1v) is 7.48. The van der Waals surface area contributed by atoms with Gasteiger partial charge >= 0.3 is 0 Å². The van der Waals surface area contributed by atoms with E-state index in [0.29, 0.717) is 23.7 Å². The zero-order valence-electron chi connectivity index (χ0n) is 9.97. The van der Waals surface area contributed by atoms with Crippen LogP contribution < -0.4 is 0 Å². The van der Waals surface area contributed by atoms with Crippen molar-refractivity contribution in [1.29, 1.82) is 0 Å². The fourth-order valence-electron chi connectivity index (χ4n) is 1.90. The van der Waals surface area contributed by atoms with E-state index in [1.165, 1.54) is 11.3 Å². The van der Waals surface area contributed by atoms with Crippen molar-refractivity contribution in [2.24, 2.45) is 0 Å². The molecular weight excluding hydrogens is 328 g/mol. The first kappa shape index (κ1) is 13.0. The van der Waals surface area contributed by atoms with E-state index < -0.39 is 0 Å². The molecule has 0 unspecified atom stereocenters. The van der Waals surface area contributed by atoms with Crippen LogP contribution in [0.3, 0.4) is 0 Å². The Morgan fingerprint density at radius 3 is 2.74 bits per heavy atom. The minimum Gasteiger partial charge on any atom is -0.345 e. The van der Waals surface area contributed by atoms with Gasteiger partial charge in [-0.1, -0.05) is 28.1 Å². The van der Waals surface area contributed by atoms with Gasteiger partial charge in [-0.2, -0.15) is 0 Å². The SMILES string of the molecule is O=C(c1cccc(Br)c1)c1ccc(C2OCCO2)s1. The van der Waals surface area contributed by atoms with E-state index in [0.717, 1.165) is 9.35 Å². The molecule has 3 rings (SSSR count). The summed E-state index contributed by atoms with van der Waals surface area (Å²) in [5, 5.41) is 0. The van der Waals surface area contributed by atoms with Crippen molar-refractivity contribution in [3.8, 4) is 0 Å². The molecule has 0 amide bonds. The standard InChI is InChI=1S/C14H11BrO3S/c15-10-3-1-2-9(8-10)13(16)11-4-5-12(19-11)14-17-6-7-18-14/h1-5,8,14H,6-7H2. The van der Waals surface area contributed by atoms with E-state index in [1.54, 1.807) is 0 Å². The second-order valence-electron chi connectivity index (χ2n) is 4.11. The lowest BCUT2D eigenvalue weighted by atomic mass is 10.1. The normalized spacial score (nSPS) is 15.8. The number of ketones is 1. The van der Waals surface area contributed by atoms with Gasteiger partial charge in [-0.15, -0.1) is 11.3 Å². The minimum absolute atomic E-state index is 0.0237. The lowest BCUT2D eigenvalue weighted by Crippen LogP contribution is -1.98. The number of rotatable bonds is 3. The van der Waals surface area contributed by atoms with Crippen LogP contribution in [0.2, 0.25) is 0 Å². The number of hydrogen-bond acceptors (Lipinski definition) is 4. The van der Waals surface area contributed by atoms with E-state index in [4.69, 9.17) is 9.47 Å². The van der Waals surface area contributed by atoms with Crippen LogP contribution in [0.1, 0.15) is 26.4 Å². The molecule has 2 aromatic rings. The summed E-state index contributed by atoms with van der Waals surface area (Å²) in [4.78, 5) is 14.0. The van der Waals surface area contributed by atoms with Crippen LogP contribution in [-0.4, -0.2) is 19.0 Å². The van der Waals surface area contributed by atoms with Crippen molar-refractivity contribution in [2.75, 3.05) is 13.2 Å². The summed E-state index contributed by atoms with van der Waals surface area (Å²) in [6.45, 7) is 1.22. The molecular formula is C14H11BrO3S. The highest BCUT2D eigenvalue weighted by Crippen LogP contribution is 2.30. The zero-order chi connectivity index (χ0) is 13.2. The van der Waals surface area contributed by atoms with Crippen molar-refractivity contribution in [2.45, 2.75) is 6.29 Å². The fraction of sp³-hybridized carbons (Fsp3) is 0.214. The van der Waals surface area contributed by atoms with E-state index >= 15 is 0 Å². The van der Waals surface area contributed by atoms with Gasteiger partial charge in [0, 0.05) is 10.0 Å². The number of thiophene rings is 1. The van der Waals surface area contributed by atoms with Crippen molar-refractivity contribution < 1.29 is 14.3 Å². The lowest BCUT2D eigenvalue weighted by Gasteiger charge is -2.04. The molecule has 1 aromatic heterocycles. The second-order valence-corrected chi connectivity index (χ2v) is 6.15. The van der Waals surface area contributed by atoms with Gasteiger partial charge in [0.05, 0.1) is 23.0 Å². The van der Waals surface area contributed by atoms with E-state index in [2.05, 4.69) is 15.9 Å². The Balaban J connectivity index is 1.84. The van der Waals surface area contributed by atoms with Gasteiger partial charge in [-0.05, 0) is 24.3 Å². The number of carbonyl (C=O) groups excluding carboxylic acids is 1. The topological polar surface area (TPSA) is 35.5 Å². The summed E-state index contributed by atoms with van der Waals surface area (Å²) < 4.78 is 11.8. The maximum Gasteiger partial charge on any atom is 0.202 e. The fourth-order valence-corrected chi connectivity index (χ4v) is 3.26. The van der Waals surface area contributed by atoms with Gasteiger partial charge in [0.1, 0.15) is 0 Å². The Morgan fingerprint density at radius 2 is 2.00 bits per heavy atom. The van der Waals surface area contributed by atoms with Crippen molar-refractivity contribution in [3.63, 3.8) is 0 Å². The maximum atomic E-state index is 12.3. The second kappa shape index (κ2) is 5.54. The van der Waals surface area contributed by atoms with Gasteiger partial charge < -0.3 is 9.47 Å². The largest absolute Gasteiger partial charge is 0.345 e. The van der Waals surface area contributed by atoms with Crippen molar-refractivity contribution in [3.05, 3.63) is 56.2 Å².